The predicted molar refractivity (Wildman–Crippen MR) is 67.5 cm³/mol. The first-order chi connectivity index (χ1) is 9.08. The maximum atomic E-state index is 10.8. The molecule has 0 radical (unpaired) electrons. The summed E-state index contributed by atoms with van der Waals surface area (Å²) in [5.41, 5.74) is 1.43. The van der Waals surface area contributed by atoms with Crippen LogP contribution >= 0.6 is 15.9 Å². The maximum absolute atomic E-state index is 10.8. The molecule has 1 aliphatic heterocycles. The largest absolute Gasteiger partial charge is 0.476 e. The minimum Gasteiger partial charge on any atom is -0.476 e. The summed E-state index contributed by atoms with van der Waals surface area (Å²) in [6, 6.07) is 3.12. The molecule has 0 fully saturated rings. The van der Waals surface area contributed by atoms with Crippen molar-refractivity contribution in [1.29, 1.82) is 0 Å². The fourth-order valence-electron chi connectivity index (χ4n) is 1.85. The monoisotopic (exact) mass is 325 g/mol. The first-order valence-corrected chi connectivity index (χ1v) is 6.16. The zero-order chi connectivity index (χ0) is 13.6. The number of aromatic nitrogens is 1. The highest BCUT2D eigenvalue weighted by atomic mass is 79.9. The van der Waals surface area contributed by atoms with Gasteiger partial charge in [-0.3, -0.25) is 0 Å². The molecule has 1 N–H and O–H groups in total. The Morgan fingerprint density at radius 2 is 2.21 bits per heavy atom. The van der Waals surface area contributed by atoms with Crippen LogP contribution < -0.4 is 9.47 Å². The number of fused-ring (bicyclic) bond motifs is 1. The van der Waals surface area contributed by atoms with E-state index in [1.165, 1.54) is 6.07 Å². The minimum atomic E-state index is -1.13. The first-order valence-electron chi connectivity index (χ1n) is 5.37. The van der Waals surface area contributed by atoms with E-state index in [1.54, 1.807) is 6.07 Å². The van der Waals surface area contributed by atoms with Gasteiger partial charge in [-0.2, -0.15) is 0 Å². The number of hydrogen-bond acceptors (Lipinski definition) is 5. The normalized spacial score (nSPS) is 12.7. The Morgan fingerprint density at radius 1 is 1.42 bits per heavy atom. The van der Waals surface area contributed by atoms with Crippen LogP contribution in [0.2, 0.25) is 0 Å². The molecule has 6 nitrogen and oxygen atoms in total. The van der Waals surface area contributed by atoms with Crippen LogP contribution in [-0.2, 0) is 0 Å². The maximum Gasteiger partial charge on any atom is 0.358 e. The van der Waals surface area contributed by atoms with Gasteiger partial charge in [-0.25, -0.2) is 4.79 Å². The molecule has 3 rings (SSSR count). The highest BCUT2D eigenvalue weighted by Gasteiger charge is 2.23. The standard InChI is InChI=1S/C12H8BrNO5/c1-5-6(8-3-7(12(15)16)14-19-8)2-9-11(10(5)13)18-4-17-9/h2-3H,4H2,1H3,(H,15,16). The third kappa shape index (κ3) is 1.86. The van der Waals surface area contributed by atoms with Gasteiger partial charge in [0.05, 0.1) is 4.47 Å². The van der Waals surface area contributed by atoms with E-state index in [1.807, 2.05) is 6.92 Å². The number of hydrogen-bond donors (Lipinski definition) is 1. The molecule has 1 aromatic heterocycles. The lowest BCUT2D eigenvalue weighted by atomic mass is 10.1. The van der Waals surface area contributed by atoms with Crippen LogP contribution in [0.15, 0.2) is 21.1 Å². The number of nitrogens with zero attached hydrogens (tertiary/aromatic N) is 1. The van der Waals surface area contributed by atoms with E-state index in [4.69, 9.17) is 19.1 Å². The fraction of sp³-hybridized carbons (Fsp3) is 0.167. The molecule has 0 amide bonds. The molecule has 0 spiro atoms. The van der Waals surface area contributed by atoms with Crippen molar-refractivity contribution in [1.82, 2.24) is 5.16 Å². The molecule has 0 saturated carbocycles. The average Bonchev–Trinajstić information content (AvgIpc) is 3.01. The Hall–Kier alpha value is -2.02. The molecule has 0 unspecified atom stereocenters. The number of carbonyl (C=O) groups is 1. The molecule has 1 aromatic carbocycles. The van der Waals surface area contributed by atoms with E-state index in [0.717, 1.165) is 10.0 Å². The first kappa shape index (κ1) is 12.0. The van der Waals surface area contributed by atoms with Crippen molar-refractivity contribution in [2.45, 2.75) is 6.92 Å². The van der Waals surface area contributed by atoms with E-state index < -0.39 is 5.97 Å². The smallest absolute Gasteiger partial charge is 0.358 e. The van der Waals surface area contributed by atoms with Crippen LogP contribution in [0.4, 0.5) is 0 Å². The van der Waals surface area contributed by atoms with Crippen molar-refractivity contribution in [2.24, 2.45) is 0 Å². The lowest BCUT2D eigenvalue weighted by Gasteiger charge is -2.07. The summed E-state index contributed by atoms with van der Waals surface area (Å²) in [6.45, 7) is 2.03. The highest BCUT2D eigenvalue weighted by Crippen LogP contribution is 2.45. The molecule has 2 aromatic rings. The molecule has 0 bridgehead atoms. The van der Waals surface area contributed by atoms with Gasteiger partial charge in [0.2, 0.25) is 6.79 Å². The Balaban J connectivity index is 2.14. The van der Waals surface area contributed by atoms with Gasteiger partial charge in [0.15, 0.2) is 23.0 Å². The summed E-state index contributed by atoms with van der Waals surface area (Å²) >= 11 is 3.43. The van der Waals surface area contributed by atoms with Crippen LogP contribution in [0.25, 0.3) is 11.3 Å². The van der Waals surface area contributed by atoms with E-state index in [2.05, 4.69) is 21.1 Å². The zero-order valence-corrected chi connectivity index (χ0v) is 11.4. The summed E-state index contributed by atoms with van der Waals surface area (Å²) in [5.74, 6) is 0.460. The number of halogens is 1. The zero-order valence-electron chi connectivity index (χ0n) is 9.77. The summed E-state index contributed by atoms with van der Waals surface area (Å²) in [4.78, 5) is 10.8. The summed E-state index contributed by atoms with van der Waals surface area (Å²) < 4.78 is 16.5. The average molecular weight is 326 g/mol. The number of benzene rings is 1. The molecule has 0 atom stereocenters. The number of carboxylic acids is 1. The molecule has 2 heterocycles. The lowest BCUT2D eigenvalue weighted by molar-refractivity contribution is 0.0686. The highest BCUT2D eigenvalue weighted by molar-refractivity contribution is 9.10. The number of aromatic carboxylic acids is 1. The second-order valence-corrected chi connectivity index (χ2v) is 4.77. The number of carboxylic acid groups (broad SMARTS) is 1. The lowest BCUT2D eigenvalue weighted by Crippen LogP contribution is -1.94. The summed E-state index contributed by atoms with van der Waals surface area (Å²) in [5, 5.41) is 12.3. The van der Waals surface area contributed by atoms with Crippen molar-refractivity contribution in [3.05, 3.63) is 27.9 Å². The van der Waals surface area contributed by atoms with Crippen molar-refractivity contribution < 1.29 is 23.9 Å². The van der Waals surface area contributed by atoms with Crippen LogP contribution in [0.3, 0.4) is 0 Å². The summed E-state index contributed by atoms with van der Waals surface area (Å²) in [6.07, 6.45) is 0. The quantitative estimate of drug-likeness (QED) is 0.914. The van der Waals surface area contributed by atoms with Gasteiger partial charge in [-0.05, 0) is 34.5 Å². The van der Waals surface area contributed by atoms with Gasteiger partial charge < -0.3 is 19.1 Å². The molecular weight excluding hydrogens is 318 g/mol. The summed E-state index contributed by atoms with van der Waals surface area (Å²) in [7, 11) is 0. The molecule has 0 saturated heterocycles. The Labute approximate surface area is 116 Å². The van der Waals surface area contributed by atoms with Gasteiger partial charge in [-0.1, -0.05) is 5.16 Å². The molecule has 19 heavy (non-hydrogen) atoms. The van der Waals surface area contributed by atoms with Crippen LogP contribution in [0.1, 0.15) is 16.1 Å². The van der Waals surface area contributed by atoms with Gasteiger partial charge >= 0.3 is 5.97 Å². The van der Waals surface area contributed by atoms with Crippen molar-refractivity contribution in [3.63, 3.8) is 0 Å². The van der Waals surface area contributed by atoms with Crippen LogP contribution in [0, 0.1) is 6.92 Å². The Bertz CT molecular complexity index is 679. The molecule has 1 aliphatic rings. The third-order valence-electron chi connectivity index (χ3n) is 2.84. The second-order valence-electron chi connectivity index (χ2n) is 3.98. The van der Waals surface area contributed by atoms with E-state index in [0.29, 0.717) is 22.8 Å². The van der Waals surface area contributed by atoms with E-state index >= 15 is 0 Å². The topological polar surface area (TPSA) is 81.8 Å². The molecular formula is C12H8BrNO5. The SMILES string of the molecule is Cc1c(-c2cc(C(=O)O)no2)cc2c(c1Br)OCO2. The van der Waals surface area contributed by atoms with Crippen molar-refractivity contribution in [3.8, 4) is 22.8 Å². The third-order valence-corrected chi connectivity index (χ3v) is 3.80. The Morgan fingerprint density at radius 3 is 2.89 bits per heavy atom. The fourth-order valence-corrected chi connectivity index (χ4v) is 2.38. The van der Waals surface area contributed by atoms with Gasteiger partial charge in [0.25, 0.3) is 0 Å². The van der Waals surface area contributed by atoms with Gasteiger partial charge in [-0.15, -0.1) is 0 Å². The van der Waals surface area contributed by atoms with Crippen molar-refractivity contribution in [2.75, 3.05) is 6.79 Å². The number of ether oxygens (including phenoxy) is 2. The predicted octanol–water partition coefficient (Wildman–Crippen LogP) is 2.84. The molecule has 0 aliphatic carbocycles. The molecule has 7 heteroatoms. The minimum absolute atomic E-state index is 0.136. The van der Waals surface area contributed by atoms with E-state index in [-0.39, 0.29) is 12.5 Å². The number of rotatable bonds is 2. The Kier molecular flexibility index (Phi) is 2.70. The van der Waals surface area contributed by atoms with Crippen LogP contribution in [-0.4, -0.2) is 23.0 Å². The van der Waals surface area contributed by atoms with E-state index in [9.17, 15) is 4.79 Å². The van der Waals surface area contributed by atoms with Crippen molar-refractivity contribution >= 4 is 21.9 Å². The van der Waals surface area contributed by atoms with Gasteiger partial charge in [0, 0.05) is 11.6 Å². The van der Waals surface area contributed by atoms with Crippen LogP contribution in [0.5, 0.6) is 11.5 Å². The second kappa shape index (κ2) is 4.27. The molecule has 98 valence electrons. The van der Waals surface area contributed by atoms with Gasteiger partial charge in [0.1, 0.15) is 0 Å².